The summed E-state index contributed by atoms with van der Waals surface area (Å²) in [5.41, 5.74) is 4.77. The van der Waals surface area contributed by atoms with Crippen LogP contribution in [-0.4, -0.2) is 26.0 Å². The summed E-state index contributed by atoms with van der Waals surface area (Å²) in [4.78, 5) is 24.8. The summed E-state index contributed by atoms with van der Waals surface area (Å²) < 4.78 is 10.6. The van der Waals surface area contributed by atoms with E-state index in [0.29, 0.717) is 18.3 Å². The van der Waals surface area contributed by atoms with Crippen molar-refractivity contribution < 1.29 is 19.1 Å². The van der Waals surface area contributed by atoms with Gasteiger partial charge in [-0.15, -0.1) is 0 Å². The van der Waals surface area contributed by atoms with E-state index < -0.39 is 0 Å². The van der Waals surface area contributed by atoms with Crippen LogP contribution in [0.15, 0.2) is 29.3 Å². The molecule has 0 aromatic heterocycles. The van der Waals surface area contributed by atoms with Crippen LogP contribution >= 0.6 is 0 Å². The topological polar surface area (TPSA) is 52.6 Å². The summed E-state index contributed by atoms with van der Waals surface area (Å²) in [5.74, 6) is 1.62. The van der Waals surface area contributed by atoms with E-state index in [1.807, 2.05) is 6.07 Å². The van der Waals surface area contributed by atoms with Crippen molar-refractivity contribution in [3.63, 3.8) is 0 Å². The van der Waals surface area contributed by atoms with Crippen LogP contribution in [0.5, 0.6) is 5.75 Å². The van der Waals surface area contributed by atoms with Gasteiger partial charge < -0.3 is 9.47 Å². The van der Waals surface area contributed by atoms with Gasteiger partial charge in [-0.25, -0.2) is 0 Å². The smallest absolute Gasteiger partial charge is 0.309 e. The summed E-state index contributed by atoms with van der Waals surface area (Å²) in [6, 6.07) is 6.25. The fourth-order valence-corrected chi connectivity index (χ4v) is 5.69. The van der Waals surface area contributed by atoms with E-state index in [4.69, 9.17) is 9.47 Å². The van der Waals surface area contributed by atoms with Gasteiger partial charge in [0.05, 0.1) is 20.1 Å². The fraction of sp³-hybridized carbons (Fsp3) is 0.545. The lowest BCUT2D eigenvalue weighted by atomic mass is 9.58. The number of allylic oxidation sites excluding steroid dienone is 2. The summed E-state index contributed by atoms with van der Waals surface area (Å²) in [6.07, 6.45) is 4.64. The van der Waals surface area contributed by atoms with Crippen molar-refractivity contribution in [3.05, 3.63) is 40.5 Å². The second-order valence-electron chi connectivity index (χ2n) is 7.83. The second kappa shape index (κ2) is 6.57. The molecule has 4 rings (SSSR count). The lowest BCUT2D eigenvalue weighted by molar-refractivity contribution is -0.148. The average Bonchev–Trinajstić information content (AvgIpc) is 3.10. The van der Waals surface area contributed by atoms with E-state index in [1.165, 1.54) is 23.8 Å². The minimum absolute atomic E-state index is 0.154. The summed E-state index contributed by atoms with van der Waals surface area (Å²) >= 11 is 0. The highest BCUT2D eigenvalue weighted by atomic mass is 16.5. The van der Waals surface area contributed by atoms with Crippen molar-refractivity contribution in [1.29, 1.82) is 0 Å². The molecule has 4 atom stereocenters. The number of fused-ring (bicyclic) bond motifs is 5. The number of rotatable bonds is 3. The number of carbonyl (C=O) groups excluding carboxylic acids is 2. The molecule has 0 saturated heterocycles. The molecule has 1 saturated carbocycles. The fourth-order valence-electron chi connectivity index (χ4n) is 5.69. The Bertz CT molecular complexity index is 791. The van der Waals surface area contributed by atoms with E-state index in [1.54, 1.807) is 14.0 Å². The molecule has 0 spiro atoms. The minimum atomic E-state index is -0.213. The molecular weight excluding hydrogens is 328 g/mol. The lowest BCUT2D eigenvalue weighted by Gasteiger charge is -2.46. The number of ether oxygens (including phenoxy) is 2. The number of carbonyl (C=O) groups is 2. The zero-order valence-corrected chi connectivity index (χ0v) is 15.7. The molecule has 0 N–H and O–H groups in total. The minimum Gasteiger partial charge on any atom is -0.497 e. The summed E-state index contributed by atoms with van der Waals surface area (Å²) in [7, 11) is 3.14. The van der Waals surface area contributed by atoms with Crippen LogP contribution in [0.25, 0.3) is 0 Å². The number of ketones is 1. The van der Waals surface area contributed by atoms with Gasteiger partial charge in [-0.3, -0.25) is 9.59 Å². The number of hydrogen-bond donors (Lipinski definition) is 0. The molecule has 3 aliphatic carbocycles. The highest BCUT2D eigenvalue weighted by Crippen LogP contribution is 2.57. The molecule has 1 fully saturated rings. The van der Waals surface area contributed by atoms with Crippen molar-refractivity contribution in [2.75, 3.05) is 14.2 Å². The van der Waals surface area contributed by atoms with Crippen LogP contribution < -0.4 is 4.74 Å². The maximum atomic E-state index is 12.7. The third kappa shape index (κ3) is 2.58. The van der Waals surface area contributed by atoms with Gasteiger partial charge in [0, 0.05) is 5.92 Å². The molecule has 26 heavy (non-hydrogen) atoms. The Labute approximate surface area is 154 Å². The van der Waals surface area contributed by atoms with Gasteiger partial charge in [-0.2, -0.15) is 0 Å². The molecular formula is C22H26O4. The third-order valence-corrected chi connectivity index (χ3v) is 6.78. The molecule has 4 heteroatoms. The van der Waals surface area contributed by atoms with Crippen LogP contribution in [0.1, 0.15) is 49.7 Å². The zero-order chi connectivity index (χ0) is 18.4. The van der Waals surface area contributed by atoms with Crippen molar-refractivity contribution in [2.45, 2.75) is 44.9 Å². The Kier molecular flexibility index (Phi) is 4.37. The number of esters is 1. The normalized spacial score (nSPS) is 29.5. The molecule has 0 radical (unpaired) electrons. The summed E-state index contributed by atoms with van der Waals surface area (Å²) in [5, 5.41) is 0. The zero-order valence-electron chi connectivity index (χ0n) is 15.7. The van der Waals surface area contributed by atoms with Gasteiger partial charge in [0.15, 0.2) is 5.78 Å². The molecule has 0 aliphatic heterocycles. The molecule has 0 amide bonds. The lowest BCUT2D eigenvalue weighted by Crippen LogP contribution is -2.40. The third-order valence-electron chi connectivity index (χ3n) is 6.78. The van der Waals surface area contributed by atoms with Crippen LogP contribution in [0.4, 0.5) is 0 Å². The average molecular weight is 354 g/mol. The quantitative estimate of drug-likeness (QED) is 0.774. The van der Waals surface area contributed by atoms with Gasteiger partial charge in [-0.05, 0) is 79.7 Å². The van der Waals surface area contributed by atoms with Gasteiger partial charge in [0.2, 0.25) is 0 Å². The molecule has 0 heterocycles. The van der Waals surface area contributed by atoms with Crippen molar-refractivity contribution in [2.24, 2.45) is 17.8 Å². The number of benzene rings is 1. The van der Waals surface area contributed by atoms with E-state index >= 15 is 0 Å². The number of hydrogen-bond acceptors (Lipinski definition) is 4. The first-order valence-corrected chi connectivity index (χ1v) is 9.52. The van der Waals surface area contributed by atoms with Crippen LogP contribution in [0.2, 0.25) is 0 Å². The number of methoxy groups -OCH3 is 2. The first-order chi connectivity index (χ1) is 12.5. The first-order valence-electron chi connectivity index (χ1n) is 9.52. The number of aryl methyl sites for hydroxylation is 1. The summed E-state index contributed by atoms with van der Waals surface area (Å²) in [6.45, 7) is 1.66. The molecule has 1 aromatic rings. The van der Waals surface area contributed by atoms with Crippen LogP contribution in [0.3, 0.4) is 0 Å². The van der Waals surface area contributed by atoms with E-state index in [9.17, 15) is 9.59 Å². The van der Waals surface area contributed by atoms with Crippen LogP contribution in [0, 0.1) is 17.8 Å². The Hall–Kier alpha value is -2.10. The van der Waals surface area contributed by atoms with Crippen LogP contribution in [-0.2, 0) is 20.7 Å². The molecule has 1 aromatic carbocycles. The molecule has 0 bridgehead atoms. The highest BCUT2D eigenvalue weighted by Gasteiger charge is 2.50. The molecule has 0 unspecified atom stereocenters. The van der Waals surface area contributed by atoms with E-state index in [2.05, 4.69) is 12.1 Å². The van der Waals surface area contributed by atoms with Gasteiger partial charge in [0.1, 0.15) is 5.75 Å². The Morgan fingerprint density at radius 3 is 2.62 bits per heavy atom. The molecule has 3 aliphatic rings. The first kappa shape index (κ1) is 17.3. The highest BCUT2D eigenvalue weighted by molar-refractivity contribution is 5.95. The largest absolute Gasteiger partial charge is 0.497 e. The predicted molar refractivity (Wildman–Crippen MR) is 98.1 cm³/mol. The second-order valence-corrected chi connectivity index (χ2v) is 7.83. The van der Waals surface area contributed by atoms with Gasteiger partial charge >= 0.3 is 5.97 Å². The Balaban J connectivity index is 1.82. The molecule has 138 valence electrons. The Morgan fingerprint density at radius 1 is 1.12 bits per heavy atom. The maximum Gasteiger partial charge on any atom is 0.309 e. The van der Waals surface area contributed by atoms with Crippen molar-refractivity contribution in [3.8, 4) is 5.75 Å². The number of Topliss-reactive ketones (excluding diaryl/α,β-unsaturated/α-hetero) is 1. The van der Waals surface area contributed by atoms with Crippen molar-refractivity contribution in [1.82, 2.24) is 0 Å². The Morgan fingerprint density at radius 2 is 1.92 bits per heavy atom. The van der Waals surface area contributed by atoms with E-state index in [-0.39, 0.29) is 23.6 Å². The monoisotopic (exact) mass is 354 g/mol. The SMILES string of the molecule is COC(=O)[C@H]1CC2=C(C(C)=O)CC[C@H]2[C@@H]2CCc3ccc(OC)cc3[C@H]21. The maximum absolute atomic E-state index is 12.7. The predicted octanol–water partition coefficient (Wildman–Crippen LogP) is 3.83. The van der Waals surface area contributed by atoms with Gasteiger partial charge in [-0.1, -0.05) is 11.6 Å². The standard InChI is InChI=1S/C22H26O4/c1-12(23)15-8-9-16-17-7-5-13-4-6-14(25-2)10-18(13)21(17)20(11-19(15)16)22(24)26-3/h4,6,10,16-17,20-21H,5,7-9,11H2,1-3H3/t16-,17-,20-,21-/m0/s1. The van der Waals surface area contributed by atoms with Crippen molar-refractivity contribution >= 4 is 11.8 Å². The van der Waals surface area contributed by atoms with Gasteiger partial charge in [0.25, 0.3) is 0 Å². The molecule has 4 nitrogen and oxygen atoms in total. The van der Waals surface area contributed by atoms with E-state index in [0.717, 1.165) is 37.0 Å².